The van der Waals surface area contributed by atoms with Crippen LogP contribution in [0.3, 0.4) is 0 Å². The molecule has 2 nitrogen and oxygen atoms in total. The van der Waals surface area contributed by atoms with Crippen molar-refractivity contribution in [2.24, 2.45) is 5.92 Å². The predicted octanol–water partition coefficient (Wildman–Crippen LogP) is 1.83. The van der Waals surface area contributed by atoms with E-state index in [0.29, 0.717) is 12.5 Å². The molecule has 90 valence electrons. The first-order valence-electron chi connectivity index (χ1n) is 5.20. The Hall–Kier alpha value is 0.0600. The standard InChI is InChI=1S/C9H17F3N2S/c10-9(11,12)15-5-4-14-7-8-2-1-3-13-6-8/h8,13-14H,1-7H2. The molecule has 6 heteroatoms. The smallest absolute Gasteiger partial charge is 0.316 e. The largest absolute Gasteiger partial charge is 0.441 e. The predicted molar refractivity (Wildman–Crippen MR) is 57.0 cm³/mol. The third-order valence-electron chi connectivity index (χ3n) is 2.38. The van der Waals surface area contributed by atoms with Crippen molar-refractivity contribution in [3.63, 3.8) is 0 Å². The molecule has 15 heavy (non-hydrogen) atoms. The third kappa shape index (κ3) is 7.03. The van der Waals surface area contributed by atoms with Crippen LogP contribution in [0.15, 0.2) is 0 Å². The summed E-state index contributed by atoms with van der Waals surface area (Å²) in [5.74, 6) is 0.679. The molecule has 1 unspecified atom stereocenters. The maximum atomic E-state index is 11.8. The van der Waals surface area contributed by atoms with Gasteiger partial charge >= 0.3 is 5.51 Å². The molecule has 1 rings (SSSR count). The summed E-state index contributed by atoms with van der Waals surface area (Å²) in [4.78, 5) is 0. The zero-order valence-corrected chi connectivity index (χ0v) is 9.39. The zero-order valence-electron chi connectivity index (χ0n) is 8.57. The van der Waals surface area contributed by atoms with Crippen molar-refractivity contribution >= 4 is 11.8 Å². The molecule has 0 bridgehead atoms. The number of nitrogens with one attached hydrogen (secondary N) is 2. The average molecular weight is 242 g/mol. The monoisotopic (exact) mass is 242 g/mol. The molecule has 0 amide bonds. The fourth-order valence-electron chi connectivity index (χ4n) is 1.64. The Bertz CT molecular complexity index is 169. The van der Waals surface area contributed by atoms with E-state index < -0.39 is 5.51 Å². The van der Waals surface area contributed by atoms with Crippen molar-refractivity contribution in [1.82, 2.24) is 10.6 Å². The highest BCUT2D eigenvalue weighted by Crippen LogP contribution is 2.29. The van der Waals surface area contributed by atoms with Gasteiger partial charge in [0.15, 0.2) is 0 Å². The van der Waals surface area contributed by atoms with Gasteiger partial charge in [-0.1, -0.05) is 0 Å². The first-order valence-corrected chi connectivity index (χ1v) is 6.18. The SMILES string of the molecule is FC(F)(F)SCCNCC1CCCNC1. The summed E-state index contributed by atoms with van der Waals surface area (Å²) in [6.45, 7) is 3.31. The van der Waals surface area contributed by atoms with Gasteiger partial charge in [-0.15, -0.1) is 0 Å². The van der Waals surface area contributed by atoms with E-state index in [2.05, 4.69) is 10.6 Å². The van der Waals surface area contributed by atoms with E-state index in [1.165, 1.54) is 12.8 Å². The summed E-state index contributed by atoms with van der Waals surface area (Å²) in [5, 5.41) is 6.34. The minimum absolute atomic E-state index is 0.0420. The normalized spacial score (nSPS) is 23.0. The number of hydrogen-bond acceptors (Lipinski definition) is 3. The summed E-state index contributed by atoms with van der Waals surface area (Å²) >= 11 is 0.0420. The van der Waals surface area contributed by atoms with Crippen LogP contribution >= 0.6 is 11.8 Å². The molecular weight excluding hydrogens is 225 g/mol. The van der Waals surface area contributed by atoms with Crippen molar-refractivity contribution in [1.29, 1.82) is 0 Å². The Morgan fingerprint density at radius 2 is 2.20 bits per heavy atom. The molecule has 1 aliphatic rings. The van der Waals surface area contributed by atoms with Crippen LogP contribution in [0.4, 0.5) is 13.2 Å². The van der Waals surface area contributed by atoms with E-state index in [1.807, 2.05) is 0 Å². The van der Waals surface area contributed by atoms with Gasteiger partial charge in [-0.05, 0) is 50.2 Å². The van der Waals surface area contributed by atoms with Crippen LogP contribution in [0.25, 0.3) is 0 Å². The average Bonchev–Trinajstić information content (AvgIpc) is 2.17. The maximum absolute atomic E-state index is 11.8. The summed E-state index contributed by atoms with van der Waals surface area (Å²) < 4.78 is 35.3. The van der Waals surface area contributed by atoms with Crippen LogP contribution in [0.5, 0.6) is 0 Å². The lowest BCUT2D eigenvalue weighted by atomic mass is 10.00. The van der Waals surface area contributed by atoms with Gasteiger partial charge in [-0.2, -0.15) is 13.2 Å². The highest BCUT2D eigenvalue weighted by molar-refractivity contribution is 8.00. The summed E-state index contributed by atoms with van der Waals surface area (Å²) in [6, 6.07) is 0. The first kappa shape index (κ1) is 13.1. The molecule has 1 heterocycles. The number of hydrogen-bond donors (Lipinski definition) is 2. The summed E-state index contributed by atoms with van der Waals surface area (Å²) in [7, 11) is 0. The van der Waals surface area contributed by atoms with E-state index in [9.17, 15) is 13.2 Å². The van der Waals surface area contributed by atoms with Crippen molar-refractivity contribution in [2.45, 2.75) is 18.3 Å². The molecule has 0 aromatic carbocycles. The second-order valence-electron chi connectivity index (χ2n) is 3.71. The lowest BCUT2D eigenvalue weighted by Crippen LogP contribution is -2.36. The molecule has 0 spiro atoms. The topological polar surface area (TPSA) is 24.1 Å². The Kier molecular flexibility index (Phi) is 5.78. The summed E-state index contributed by atoms with van der Waals surface area (Å²) in [6.07, 6.45) is 2.34. The van der Waals surface area contributed by atoms with Crippen LogP contribution < -0.4 is 10.6 Å². The molecule has 0 radical (unpaired) electrons. The van der Waals surface area contributed by atoms with Crippen molar-refractivity contribution in [2.75, 3.05) is 31.9 Å². The minimum atomic E-state index is -4.09. The van der Waals surface area contributed by atoms with Crippen molar-refractivity contribution in [3.8, 4) is 0 Å². The van der Waals surface area contributed by atoms with Gasteiger partial charge in [0, 0.05) is 12.3 Å². The van der Waals surface area contributed by atoms with Gasteiger partial charge in [0.2, 0.25) is 0 Å². The first-order chi connectivity index (χ1) is 7.08. The Balaban J connectivity index is 1.92. The molecular formula is C9H17F3N2S. The lowest BCUT2D eigenvalue weighted by Gasteiger charge is -2.22. The second-order valence-corrected chi connectivity index (χ2v) is 4.87. The van der Waals surface area contributed by atoms with E-state index >= 15 is 0 Å². The van der Waals surface area contributed by atoms with Gasteiger partial charge in [0.05, 0.1) is 0 Å². The van der Waals surface area contributed by atoms with Gasteiger partial charge in [-0.3, -0.25) is 0 Å². The molecule has 2 N–H and O–H groups in total. The van der Waals surface area contributed by atoms with E-state index in [-0.39, 0.29) is 17.5 Å². The van der Waals surface area contributed by atoms with Crippen LogP contribution in [0.1, 0.15) is 12.8 Å². The molecule has 0 saturated carbocycles. The fourth-order valence-corrected chi connectivity index (χ4v) is 2.12. The highest BCUT2D eigenvalue weighted by Gasteiger charge is 2.27. The van der Waals surface area contributed by atoms with Gasteiger partial charge in [0.1, 0.15) is 0 Å². The Morgan fingerprint density at radius 1 is 1.40 bits per heavy atom. The highest BCUT2D eigenvalue weighted by atomic mass is 32.2. The second kappa shape index (κ2) is 6.60. The Labute approximate surface area is 92.4 Å². The molecule has 1 aliphatic heterocycles. The fraction of sp³-hybridized carbons (Fsp3) is 1.00. The summed E-state index contributed by atoms with van der Waals surface area (Å²) in [5.41, 5.74) is -4.09. The van der Waals surface area contributed by atoms with Crippen molar-refractivity contribution < 1.29 is 13.2 Å². The van der Waals surface area contributed by atoms with E-state index in [4.69, 9.17) is 0 Å². The van der Waals surface area contributed by atoms with Gasteiger partial charge in [0.25, 0.3) is 0 Å². The number of halogens is 3. The van der Waals surface area contributed by atoms with Crippen LogP contribution in [0.2, 0.25) is 0 Å². The van der Waals surface area contributed by atoms with Crippen molar-refractivity contribution in [3.05, 3.63) is 0 Å². The number of piperidine rings is 1. The van der Waals surface area contributed by atoms with Crippen LogP contribution in [-0.4, -0.2) is 37.4 Å². The molecule has 0 aromatic heterocycles. The molecule has 0 aromatic rings. The van der Waals surface area contributed by atoms with E-state index in [1.54, 1.807) is 0 Å². The zero-order chi connectivity index (χ0) is 11.1. The number of thioether (sulfide) groups is 1. The molecule has 1 fully saturated rings. The number of alkyl halides is 3. The minimum Gasteiger partial charge on any atom is -0.316 e. The van der Waals surface area contributed by atoms with Crippen LogP contribution in [0, 0.1) is 5.92 Å². The van der Waals surface area contributed by atoms with Gasteiger partial charge < -0.3 is 10.6 Å². The lowest BCUT2D eigenvalue weighted by molar-refractivity contribution is -0.0327. The third-order valence-corrected chi connectivity index (χ3v) is 3.11. The van der Waals surface area contributed by atoms with Gasteiger partial charge in [-0.25, -0.2) is 0 Å². The quantitative estimate of drug-likeness (QED) is 0.719. The van der Waals surface area contributed by atoms with Crippen LogP contribution in [-0.2, 0) is 0 Å². The Morgan fingerprint density at radius 3 is 2.80 bits per heavy atom. The van der Waals surface area contributed by atoms with E-state index in [0.717, 1.165) is 19.6 Å². The molecule has 1 atom stereocenters. The molecule has 0 aliphatic carbocycles. The molecule has 1 saturated heterocycles. The maximum Gasteiger partial charge on any atom is 0.441 e. The number of rotatable bonds is 5.